The van der Waals surface area contributed by atoms with Crippen molar-refractivity contribution in [3.8, 4) is 0 Å². The zero-order valence-electron chi connectivity index (χ0n) is 11.1. The summed E-state index contributed by atoms with van der Waals surface area (Å²) >= 11 is 1.75. The molecule has 1 heterocycles. The molecule has 1 saturated carbocycles. The highest BCUT2D eigenvalue weighted by Crippen LogP contribution is 2.32. The Labute approximate surface area is 112 Å². The van der Waals surface area contributed by atoms with E-state index in [2.05, 4.69) is 24.2 Å². The molecule has 1 aliphatic rings. The smallest absolute Gasteiger partial charge is 0.306 e. The van der Waals surface area contributed by atoms with Gasteiger partial charge in [0, 0.05) is 11.8 Å². The number of carboxylic acids is 1. The summed E-state index contributed by atoms with van der Waals surface area (Å²) < 4.78 is 0. The number of carbonyl (C=O) groups is 1. The highest BCUT2D eigenvalue weighted by atomic mass is 32.1. The maximum absolute atomic E-state index is 10.9. The van der Waals surface area contributed by atoms with Gasteiger partial charge in [-0.3, -0.25) is 4.79 Å². The lowest BCUT2D eigenvalue weighted by Crippen LogP contribution is -2.22. The van der Waals surface area contributed by atoms with Gasteiger partial charge in [0.15, 0.2) is 0 Å². The maximum Gasteiger partial charge on any atom is 0.306 e. The SMILES string of the molecule is CC(C)c1csc(CC2CCC(C(=O)O)CC2)n1. The van der Waals surface area contributed by atoms with E-state index < -0.39 is 5.97 Å². The Bertz CT molecular complexity index is 406. The Morgan fingerprint density at radius 2 is 2.11 bits per heavy atom. The van der Waals surface area contributed by atoms with Crippen molar-refractivity contribution in [1.82, 2.24) is 4.98 Å². The molecule has 0 atom stereocenters. The minimum Gasteiger partial charge on any atom is -0.481 e. The third-order valence-electron chi connectivity index (χ3n) is 3.82. The lowest BCUT2D eigenvalue weighted by molar-refractivity contribution is -0.143. The van der Waals surface area contributed by atoms with E-state index in [-0.39, 0.29) is 5.92 Å². The van der Waals surface area contributed by atoms with E-state index in [0.29, 0.717) is 11.8 Å². The first-order valence-electron chi connectivity index (χ1n) is 6.73. The van der Waals surface area contributed by atoms with Crippen LogP contribution in [-0.4, -0.2) is 16.1 Å². The number of hydrogen-bond acceptors (Lipinski definition) is 3. The standard InChI is InChI=1S/C14H21NO2S/c1-9(2)12-8-18-13(15-12)7-10-3-5-11(6-4-10)14(16)17/h8-11H,3-7H2,1-2H3,(H,16,17). The van der Waals surface area contributed by atoms with Crippen molar-refractivity contribution in [2.24, 2.45) is 11.8 Å². The Balaban J connectivity index is 1.85. The Kier molecular flexibility index (Phi) is 4.38. The van der Waals surface area contributed by atoms with Gasteiger partial charge in [-0.25, -0.2) is 4.98 Å². The van der Waals surface area contributed by atoms with E-state index in [1.807, 2.05) is 0 Å². The average Bonchev–Trinajstić information content (AvgIpc) is 2.78. The van der Waals surface area contributed by atoms with E-state index in [4.69, 9.17) is 5.11 Å². The Hall–Kier alpha value is -0.900. The first-order chi connectivity index (χ1) is 8.56. The van der Waals surface area contributed by atoms with Crippen molar-refractivity contribution < 1.29 is 9.90 Å². The number of aliphatic carboxylic acids is 1. The summed E-state index contributed by atoms with van der Waals surface area (Å²) in [5, 5.41) is 12.3. The van der Waals surface area contributed by atoms with Crippen molar-refractivity contribution in [3.05, 3.63) is 16.1 Å². The highest BCUT2D eigenvalue weighted by Gasteiger charge is 2.26. The fourth-order valence-electron chi connectivity index (χ4n) is 2.54. The molecule has 0 bridgehead atoms. The number of nitrogens with zero attached hydrogens (tertiary/aromatic N) is 1. The van der Waals surface area contributed by atoms with Gasteiger partial charge in [0.2, 0.25) is 0 Å². The predicted octanol–water partition coefficient (Wildman–Crippen LogP) is 3.70. The molecule has 3 nitrogen and oxygen atoms in total. The third-order valence-corrected chi connectivity index (χ3v) is 4.71. The molecule has 1 aliphatic carbocycles. The van der Waals surface area contributed by atoms with Crippen LogP contribution in [0, 0.1) is 11.8 Å². The van der Waals surface area contributed by atoms with E-state index in [1.165, 1.54) is 10.7 Å². The molecule has 2 rings (SSSR count). The van der Waals surface area contributed by atoms with Crippen molar-refractivity contribution in [1.29, 1.82) is 0 Å². The van der Waals surface area contributed by atoms with E-state index in [9.17, 15) is 4.79 Å². The molecular formula is C14H21NO2S. The topological polar surface area (TPSA) is 50.2 Å². The second-order valence-electron chi connectivity index (χ2n) is 5.58. The monoisotopic (exact) mass is 267 g/mol. The normalized spacial score (nSPS) is 24.4. The van der Waals surface area contributed by atoms with Crippen LogP contribution in [0.1, 0.15) is 56.2 Å². The Morgan fingerprint density at radius 1 is 1.44 bits per heavy atom. The first-order valence-corrected chi connectivity index (χ1v) is 7.61. The lowest BCUT2D eigenvalue weighted by Gasteiger charge is -2.25. The maximum atomic E-state index is 10.9. The van der Waals surface area contributed by atoms with Crippen LogP contribution in [0.25, 0.3) is 0 Å². The first kappa shape index (κ1) is 13.5. The number of aromatic nitrogens is 1. The van der Waals surface area contributed by atoms with Gasteiger partial charge in [0.1, 0.15) is 0 Å². The summed E-state index contributed by atoms with van der Waals surface area (Å²) in [7, 11) is 0. The second kappa shape index (κ2) is 5.83. The largest absolute Gasteiger partial charge is 0.481 e. The van der Waals surface area contributed by atoms with Gasteiger partial charge < -0.3 is 5.11 Å². The van der Waals surface area contributed by atoms with Gasteiger partial charge >= 0.3 is 5.97 Å². The van der Waals surface area contributed by atoms with Crippen LogP contribution in [0.2, 0.25) is 0 Å². The zero-order valence-corrected chi connectivity index (χ0v) is 11.9. The van der Waals surface area contributed by atoms with Gasteiger partial charge in [-0.1, -0.05) is 13.8 Å². The van der Waals surface area contributed by atoms with E-state index in [0.717, 1.165) is 32.1 Å². The molecule has 0 spiro atoms. The van der Waals surface area contributed by atoms with Gasteiger partial charge in [-0.15, -0.1) is 11.3 Å². The highest BCUT2D eigenvalue weighted by molar-refractivity contribution is 7.09. The number of carboxylic acid groups (broad SMARTS) is 1. The summed E-state index contributed by atoms with van der Waals surface area (Å²) in [4.78, 5) is 15.5. The summed E-state index contributed by atoms with van der Waals surface area (Å²) in [6, 6.07) is 0. The third kappa shape index (κ3) is 3.31. The molecule has 0 amide bonds. The summed E-state index contributed by atoms with van der Waals surface area (Å²) in [6.07, 6.45) is 4.77. The molecule has 100 valence electrons. The molecule has 1 aromatic heterocycles. The van der Waals surface area contributed by atoms with E-state index in [1.54, 1.807) is 11.3 Å². The number of hydrogen-bond donors (Lipinski definition) is 1. The lowest BCUT2D eigenvalue weighted by atomic mass is 9.81. The molecule has 18 heavy (non-hydrogen) atoms. The Morgan fingerprint density at radius 3 is 2.61 bits per heavy atom. The molecule has 0 unspecified atom stereocenters. The molecular weight excluding hydrogens is 246 g/mol. The number of rotatable bonds is 4. The molecule has 0 saturated heterocycles. The van der Waals surface area contributed by atoms with Crippen LogP contribution in [0.3, 0.4) is 0 Å². The van der Waals surface area contributed by atoms with Gasteiger partial charge in [0.05, 0.1) is 16.6 Å². The minimum absolute atomic E-state index is 0.108. The summed E-state index contributed by atoms with van der Waals surface area (Å²) in [5.41, 5.74) is 1.19. The van der Waals surface area contributed by atoms with Crippen LogP contribution in [0.4, 0.5) is 0 Å². The average molecular weight is 267 g/mol. The van der Waals surface area contributed by atoms with Crippen molar-refractivity contribution in [3.63, 3.8) is 0 Å². The molecule has 4 heteroatoms. The fraction of sp³-hybridized carbons (Fsp3) is 0.714. The van der Waals surface area contributed by atoms with Crippen LogP contribution >= 0.6 is 11.3 Å². The molecule has 0 aromatic carbocycles. The predicted molar refractivity (Wildman–Crippen MR) is 73.0 cm³/mol. The summed E-state index contributed by atoms with van der Waals surface area (Å²) in [6.45, 7) is 4.33. The van der Waals surface area contributed by atoms with Gasteiger partial charge in [-0.2, -0.15) is 0 Å². The second-order valence-corrected chi connectivity index (χ2v) is 6.52. The van der Waals surface area contributed by atoms with Crippen LogP contribution in [-0.2, 0) is 11.2 Å². The molecule has 0 radical (unpaired) electrons. The van der Waals surface area contributed by atoms with Crippen LogP contribution in [0.5, 0.6) is 0 Å². The minimum atomic E-state index is -0.621. The van der Waals surface area contributed by atoms with Gasteiger partial charge in [0.25, 0.3) is 0 Å². The van der Waals surface area contributed by atoms with Gasteiger partial charge in [-0.05, 0) is 37.5 Å². The number of thiazole rings is 1. The van der Waals surface area contributed by atoms with E-state index >= 15 is 0 Å². The van der Waals surface area contributed by atoms with Crippen LogP contribution in [0.15, 0.2) is 5.38 Å². The fourth-order valence-corrected chi connectivity index (χ4v) is 3.62. The van der Waals surface area contributed by atoms with Crippen molar-refractivity contribution in [2.45, 2.75) is 51.9 Å². The van der Waals surface area contributed by atoms with Crippen molar-refractivity contribution in [2.75, 3.05) is 0 Å². The zero-order chi connectivity index (χ0) is 13.1. The van der Waals surface area contributed by atoms with Crippen LogP contribution < -0.4 is 0 Å². The molecule has 0 aliphatic heterocycles. The summed E-state index contributed by atoms with van der Waals surface area (Å²) in [5.74, 6) is 0.401. The van der Waals surface area contributed by atoms with Crippen molar-refractivity contribution >= 4 is 17.3 Å². The quantitative estimate of drug-likeness (QED) is 0.905. The molecule has 1 fully saturated rings. The molecule has 1 aromatic rings. The molecule has 1 N–H and O–H groups in total.